The Morgan fingerprint density at radius 1 is 1.19 bits per heavy atom. The normalized spacial score (nSPS) is 16.4. The zero-order chi connectivity index (χ0) is 20.1. The summed E-state index contributed by atoms with van der Waals surface area (Å²) in [5.41, 5.74) is 1.34. The van der Waals surface area contributed by atoms with Gasteiger partial charge in [-0.15, -0.1) is 0 Å². The number of carbonyl (C=O) groups is 1. The molecule has 1 fully saturated rings. The summed E-state index contributed by atoms with van der Waals surface area (Å²) in [5, 5.41) is 0. The Kier molecular flexibility index (Phi) is 7.25. The summed E-state index contributed by atoms with van der Waals surface area (Å²) in [7, 11) is -3.36. The van der Waals surface area contributed by atoms with Crippen molar-refractivity contribution in [1.29, 1.82) is 0 Å². The Morgan fingerprint density at radius 2 is 1.85 bits per heavy atom. The molecule has 1 aromatic rings. The Balaban J connectivity index is 1.71. The highest BCUT2D eigenvalue weighted by Gasteiger charge is 2.25. The van der Waals surface area contributed by atoms with E-state index in [4.69, 9.17) is 4.74 Å². The SMILES string of the molecule is Cc1cccc(CS(=O)(=O)NCCN2CCN(C(=O)OC(C)(C)C)CC2)c1. The molecule has 1 aliphatic rings. The van der Waals surface area contributed by atoms with Crippen LogP contribution in [0.4, 0.5) is 4.79 Å². The molecular weight excluding hydrogens is 366 g/mol. The molecule has 1 aromatic carbocycles. The number of hydrogen-bond acceptors (Lipinski definition) is 5. The van der Waals surface area contributed by atoms with Crippen molar-refractivity contribution in [3.8, 4) is 0 Å². The minimum Gasteiger partial charge on any atom is -0.444 e. The molecule has 1 amide bonds. The van der Waals surface area contributed by atoms with Gasteiger partial charge in [0.15, 0.2) is 0 Å². The lowest BCUT2D eigenvalue weighted by atomic mass is 10.2. The first-order valence-corrected chi connectivity index (χ1v) is 10.9. The Labute approximate surface area is 162 Å². The number of sulfonamides is 1. The van der Waals surface area contributed by atoms with Gasteiger partial charge in [0.25, 0.3) is 0 Å². The predicted octanol–water partition coefficient (Wildman–Crippen LogP) is 1.97. The topological polar surface area (TPSA) is 79.0 Å². The highest BCUT2D eigenvalue weighted by Crippen LogP contribution is 2.12. The van der Waals surface area contributed by atoms with Crippen molar-refractivity contribution >= 4 is 16.1 Å². The molecule has 0 aliphatic carbocycles. The molecule has 27 heavy (non-hydrogen) atoms. The van der Waals surface area contributed by atoms with Gasteiger partial charge in [-0.1, -0.05) is 29.8 Å². The number of piperazine rings is 1. The van der Waals surface area contributed by atoms with Crippen molar-refractivity contribution in [2.45, 2.75) is 39.0 Å². The molecule has 0 spiro atoms. The fourth-order valence-corrected chi connectivity index (χ4v) is 4.03. The second-order valence-corrected chi connectivity index (χ2v) is 9.76. The summed E-state index contributed by atoms with van der Waals surface area (Å²) in [4.78, 5) is 15.9. The Hall–Kier alpha value is -1.64. The standard InChI is InChI=1S/C19H31N3O4S/c1-16-6-5-7-17(14-16)15-27(24,25)20-8-9-21-10-12-22(13-11-21)18(23)26-19(2,3)4/h5-7,14,20H,8-13,15H2,1-4H3. The average Bonchev–Trinajstić information content (AvgIpc) is 2.53. The van der Waals surface area contributed by atoms with Gasteiger partial charge in [-0.25, -0.2) is 17.9 Å². The van der Waals surface area contributed by atoms with Crippen LogP contribution in [0.15, 0.2) is 24.3 Å². The molecule has 8 heteroatoms. The van der Waals surface area contributed by atoms with Gasteiger partial charge in [-0.3, -0.25) is 4.90 Å². The number of rotatable bonds is 6. The van der Waals surface area contributed by atoms with E-state index in [9.17, 15) is 13.2 Å². The molecule has 7 nitrogen and oxygen atoms in total. The smallest absolute Gasteiger partial charge is 0.410 e. The van der Waals surface area contributed by atoms with Crippen LogP contribution in [0.3, 0.4) is 0 Å². The molecule has 1 saturated heterocycles. The summed E-state index contributed by atoms with van der Waals surface area (Å²) in [5.74, 6) is -0.0128. The van der Waals surface area contributed by atoms with E-state index in [0.717, 1.165) is 11.1 Å². The van der Waals surface area contributed by atoms with Crippen LogP contribution in [-0.2, 0) is 20.5 Å². The molecule has 2 rings (SSSR count). The molecule has 0 bridgehead atoms. The second-order valence-electron chi connectivity index (χ2n) is 7.95. The lowest BCUT2D eigenvalue weighted by Crippen LogP contribution is -2.51. The molecule has 0 atom stereocenters. The Bertz CT molecular complexity index is 736. The quantitative estimate of drug-likeness (QED) is 0.794. The van der Waals surface area contributed by atoms with Crippen LogP contribution in [0.5, 0.6) is 0 Å². The molecule has 1 N–H and O–H groups in total. The van der Waals surface area contributed by atoms with Crippen molar-refractivity contribution in [2.75, 3.05) is 39.3 Å². The molecule has 0 aromatic heterocycles. The monoisotopic (exact) mass is 397 g/mol. The zero-order valence-electron chi connectivity index (χ0n) is 16.7. The maximum Gasteiger partial charge on any atom is 0.410 e. The van der Waals surface area contributed by atoms with E-state index in [1.54, 1.807) is 4.90 Å². The van der Waals surface area contributed by atoms with E-state index in [1.165, 1.54) is 0 Å². The van der Waals surface area contributed by atoms with Gasteiger partial charge in [0, 0.05) is 39.3 Å². The van der Waals surface area contributed by atoms with Crippen molar-refractivity contribution in [2.24, 2.45) is 0 Å². The third-order valence-corrected chi connectivity index (χ3v) is 5.57. The number of carbonyl (C=O) groups excluding carboxylic acids is 1. The summed E-state index contributed by atoms with van der Waals surface area (Å²) >= 11 is 0. The first kappa shape index (κ1) is 21.7. The third-order valence-electron chi connectivity index (χ3n) is 4.21. The molecule has 0 saturated carbocycles. The van der Waals surface area contributed by atoms with E-state index in [-0.39, 0.29) is 11.8 Å². The number of hydrogen-bond donors (Lipinski definition) is 1. The fraction of sp³-hybridized carbons (Fsp3) is 0.632. The van der Waals surface area contributed by atoms with Crippen molar-refractivity contribution < 1.29 is 17.9 Å². The first-order chi connectivity index (χ1) is 12.5. The maximum atomic E-state index is 12.2. The van der Waals surface area contributed by atoms with E-state index >= 15 is 0 Å². The molecule has 1 aliphatic heterocycles. The number of nitrogens with zero attached hydrogens (tertiary/aromatic N) is 2. The minimum absolute atomic E-state index is 0.0128. The van der Waals surface area contributed by atoms with Crippen LogP contribution in [0.2, 0.25) is 0 Å². The summed E-state index contributed by atoms with van der Waals surface area (Å²) in [6, 6.07) is 7.52. The summed E-state index contributed by atoms with van der Waals surface area (Å²) < 4.78 is 32.5. The number of nitrogens with one attached hydrogen (secondary N) is 1. The molecule has 0 unspecified atom stereocenters. The van der Waals surface area contributed by atoms with Crippen molar-refractivity contribution in [1.82, 2.24) is 14.5 Å². The lowest BCUT2D eigenvalue weighted by molar-refractivity contribution is 0.0147. The van der Waals surface area contributed by atoms with Crippen LogP contribution >= 0.6 is 0 Å². The van der Waals surface area contributed by atoms with Crippen molar-refractivity contribution in [3.63, 3.8) is 0 Å². The number of ether oxygens (including phenoxy) is 1. The highest BCUT2D eigenvalue weighted by molar-refractivity contribution is 7.88. The Morgan fingerprint density at radius 3 is 2.44 bits per heavy atom. The van der Waals surface area contributed by atoms with E-state index in [0.29, 0.717) is 39.3 Å². The largest absolute Gasteiger partial charge is 0.444 e. The lowest BCUT2D eigenvalue weighted by Gasteiger charge is -2.35. The molecule has 1 heterocycles. The van der Waals surface area contributed by atoms with Gasteiger partial charge < -0.3 is 9.64 Å². The van der Waals surface area contributed by atoms with Crippen molar-refractivity contribution in [3.05, 3.63) is 35.4 Å². The molecular formula is C19H31N3O4S. The van der Waals surface area contributed by atoms with Crippen LogP contribution in [0.25, 0.3) is 0 Å². The van der Waals surface area contributed by atoms with Gasteiger partial charge in [-0.2, -0.15) is 0 Å². The summed E-state index contributed by atoms with van der Waals surface area (Å²) in [6.45, 7) is 11.1. The van der Waals surface area contributed by atoms with Gasteiger partial charge in [-0.05, 0) is 33.3 Å². The molecule has 152 valence electrons. The van der Waals surface area contributed by atoms with Crippen LogP contribution in [0.1, 0.15) is 31.9 Å². The fourth-order valence-electron chi connectivity index (χ4n) is 2.91. The highest BCUT2D eigenvalue weighted by atomic mass is 32.2. The van der Waals surface area contributed by atoms with Gasteiger partial charge in [0.2, 0.25) is 10.0 Å². The van der Waals surface area contributed by atoms with E-state index in [2.05, 4.69) is 9.62 Å². The van der Waals surface area contributed by atoms with E-state index < -0.39 is 15.6 Å². The minimum atomic E-state index is -3.36. The van der Waals surface area contributed by atoms with Crippen LogP contribution < -0.4 is 4.72 Å². The van der Waals surface area contributed by atoms with Crippen LogP contribution in [0, 0.1) is 6.92 Å². The van der Waals surface area contributed by atoms with Gasteiger partial charge in [0.1, 0.15) is 5.60 Å². The zero-order valence-corrected chi connectivity index (χ0v) is 17.5. The molecule has 0 radical (unpaired) electrons. The summed E-state index contributed by atoms with van der Waals surface area (Å²) in [6.07, 6.45) is -0.291. The maximum absolute atomic E-state index is 12.2. The predicted molar refractivity (Wildman–Crippen MR) is 106 cm³/mol. The number of amides is 1. The van der Waals surface area contributed by atoms with Gasteiger partial charge >= 0.3 is 6.09 Å². The average molecular weight is 398 g/mol. The first-order valence-electron chi connectivity index (χ1n) is 9.27. The second kappa shape index (κ2) is 9.03. The third kappa shape index (κ3) is 7.86. The van der Waals surface area contributed by atoms with Crippen LogP contribution in [-0.4, -0.2) is 69.2 Å². The van der Waals surface area contributed by atoms with Gasteiger partial charge in [0.05, 0.1) is 5.75 Å². The van der Waals surface area contributed by atoms with E-state index in [1.807, 2.05) is 52.0 Å². The number of aryl methyl sites for hydroxylation is 1. The number of benzene rings is 1.